The number of rotatable bonds is 5. The molecule has 2 aromatic heterocycles. The van der Waals surface area contributed by atoms with E-state index in [2.05, 4.69) is 25.5 Å². The summed E-state index contributed by atoms with van der Waals surface area (Å²) in [7, 11) is 1.59. The second-order valence-electron chi connectivity index (χ2n) is 5.18. The van der Waals surface area contributed by atoms with Crippen LogP contribution in [0.3, 0.4) is 0 Å². The maximum Gasteiger partial charge on any atom is 0.276 e. The Morgan fingerprint density at radius 3 is 2.68 bits per heavy atom. The SMILES string of the molecule is COc1ccc(Cc2nc(C(=O)Nc3nnc(C)s3)cc(=O)[nH]2)cc1. The highest BCUT2D eigenvalue weighted by Gasteiger charge is 2.13. The lowest BCUT2D eigenvalue weighted by molar-refractivity contribution is 0.102. The van der Waals surface area contributed by atoms with Gasteiger partial charge in [-0.2, -0.15) is 0 Å². The molecule has 0 bridgehead atoms. The highest BCUT2D eigenvalue weighted by molar-refractivity contribution is 7.15. The van der Waals surface area contributed by atoms with Gasteiger partial charge < -0.3 is 9.72 Å². The number of aromatic amines is 1. The molecule has 128 valence electrons. The molecule has 0 saturated carbocycles. The third-order valence-electron chi connectivity index (χ3n) is 3.30. The minimum absolute atomic E-state index is 0.0279. The highest BCUT2D eigenvalue weighted by Crippen LogP contribution is 2.15. The number of hydrogen-bond donors (Lipinski definition) is 2. The Balaban J connectivity index is 1.79. The van der Waals surface area contributed by atoms with Crippen LogP contribution >= 0.6 is 11.3 Å². The number of benzene rings is 1. The molecule has 2 N–H and O–H groups in total. The molecule has 0 saturated heterocycles. The molecule has 0 aliphatic carbocycles. The van der Waals surface area contributed by atoms with E-state index in [1.165, 1.54) is 11.3 Å². The Labute approximate surface area is 146 Å². The molecule has 1 amide bonds. The number of aryl methyl sites for hydroxylation is 1. The third-order valence-corrected chi connectivity index (χ3v) is 4.05. The van der Waals surface area contributed by atoms with E-state index < -0.39 is 11.5 Å². The standard InChI is InChI=1S/C16H15N5O3S/c1-9-20-21-16(25-9)19-15(23)12-8-14(22)18-13(17-12)7-10-3-5-11(24-2)6-4-10/h3-6,8H,7H2,1-2H3,(H,17,18,22)(H,19,21,23). The van der Waals surface area contributed by atoms with E-state index in [1.807, 2.05) is 24.3 Å². The van der Waals surface area contributed by atoms with Crippen LogP contribution in [-0.2, 0) is 6.42 Å². The van der Waals surface area contributed by atoms with Gasteiger partial charge in [-0.15, -0.1) is 10.2 Å². The van der Waals surface area contributed by atoms with Crippen molar-refractivity contribution in [3.05, 3.63) is 62.8 Å². The van der Waals surface area contributed by atoms with E-state index in [1.54, 1.807) is 14.0 Å². The van der Waals surface area contributed by atoms with Crippen molar-refractivity contribution in [1.29, 1.82) is 0 Å². The number of hydrogen-bond acceptors (Lipinski definition) is 7. The molecule has 3 rings (SSSR count). The number of H-pyrrole nitrogens is 1. The van der Waals surface area contributed by atoms with Gasteiger partial charge in [0.05, 0.1) is 7.11 Å². The van der Waals surface area contributed by atoms with Gasteiger partial charge in [-0.05, 0) is 24.6 Å². The van der Waals surface area contributed by atoms with Crippen LogP contribution in [0.25, 0.3) is 0 Å². The second kappa shape index (κ2) is 7.22. The normalized spacial score (nSPS) is 10.5. The van der Waals surface area contributed by atoms with Gasteiger partial charge in [0.1, 0.15) is 22.3 Å². The van der Waals surface area contributed by atoms with Gasteiger partial charge in [-0.3, -0.25) is 14.9 Å². The van der Waals surface area contributed by atoms with E-state index in [0.29, 0.717) is 17.4 Å². The van der Waals surface area contributed by atoms with Crippen molar-refractivity contribution in [1.82, 2.24) is 20.2 Å². The van der Waals surface area contributed by atoms with E-state index in [0.717, 1.165) is 22.4 Å². The first-order chi connectivity index (χ1) is 12.0. The zero-order valence-corrected chi connectivity index (χ0v) is 14.4. The molecular formula is C16H15N5O3S. The van der Waals surface area contributed by atoms with Crippen LogP contribution in [-0.4, -0.2) is 33.2 Å². The lowest BCUT2D eigenvalue weighted by atomic mass is 10.1. The summed E-state index contributed by atoms with van der Waals surface area (Å²) in [4.78, 5) is 31.0. The van der Waals surface area contributed by atoms with E-state index in [9.17, 15) is 9.59 Å². The fourth-order valence-electron chi connectivity index (χ4n) is 2.15. The molecule has 0 aliphatic rings. The van der Waals surface area contributed by atoms with Crippen LogP contribution in [0.4, 0.5) is 5.13 Å². The first-order valence-electron chi connectivity index (χ1n) is 7.38. The van der Waals surface area contributed by atoms with Crippen LogP contribution in [0.5, 0.6) is 5.75 Å². The minimum atomic E-state index is -0.502. The van der Waals surface area contributed by atoms with Crippen molar-refractivity contribution in [2.75, 3.05) is 12.4 Å². The number of amides is 1. The Hall–Kier alpha value is -3.07. The summed E-state index contributed by atoms with van der Waals surface area (Å²) in [6.45, 7) is 1.78. The quantitative estimate of drug-likeness (QED) is 0.720. The summed E-state index contributed by atoms with van der Waals surface area (Å²) in [5.41, 5.74) is 0.568. The molecule has 1 aromatic carbocycles. The summed E-state index contributed by atoms with van der Waals surface area (Å²) in [6.07, 6.45) is 0.387. The molecule has 0 aliphatic heterocycles. The Kier molecular flexibility index (Phi) is 4.85. The largest absolute Gasteiger partial charge is 0.497 e. The van der Waals surface area contributed by atoms with Gasteiger partial charge in [0.2, 0.25) is 5.13 Å². The Bertz CT molecular complexity index is 949. The molecule has 0 atom stereocenters. The smallest absolute Gasteiger partial charge is 0.276 e. The van der Waals surface area contributed by atoms with Gasteiger partial charge in [-0.1, -0.05) is 23.5 Å². The van der Waals surface area contributed by atoms with Crippen molar-refractivity contribution in [3.63, 3.8) is 0 Å². The number of anilines is 1. The van der Waals surface area contributed by atoms with Gasteiger partial charge in [-0.25, -0.2) is 4.98 Å². The number of carbonyl (C=O) groups is 1. The summed E-state index contributed by atoms with van der Waals surface area (Å²) in [5.74, 6) is 0.639. The van der Waals surface area contributed by atoms with Crippen LogP contribution in [0, 0.1) is 6.92 Å². The average Bonchev–Trinajstić information content (AvgIpc) is 3.00. The molecule has 0 unspecified atom stereocenters. The molecular weight excluding hydrogens is 342 g/mol. The maximum absolute atomic E-state index is 12.3. The Morgan fingerprint density at radius 2 is 2.04 bits per heavy atom. The van der Waals surface area contributed by atoms with Crippen LogP contribution in [0.15, 0.2) is 35.1 Å². The second-order valence-corrected chi connectivity index (χ2v) is 6.36. The lowest BCUT2D eigenvalue weighted by Crippen LogP contribution is -2.20. The number of carbonyl (C=O) groups excluding carboxylic acids is 1. The van der Waals surface area contributed by atoms with E-state index in [-0.39, 0.29) is 5.69 Å². The third kappa shape index (κ3) is 4.27. The zero-order chi connectivity index (χ0) is 17.8. The fourth-order valence-corrected chi connectivity index (χ4v) is 2.74. The highest BCUT2D eigenvalue weighted by atomic mass is 32.1. The number of methoxy groups -OCH3 is 1. The number of nitrogens with zero attached hydrogens (tertiary/aromatic N) is 3. The predicted octanol–water partition coefficient (Wildman–Crippen LogP) is 1.78. The van der Waals surface area contributed by atoms with Crippen molar-refractivity contribution < 1.29 is 9.53 Å². The van der Waals surface area contributed by atoms with Crippen LogP contribution in [0.1, 0.15) is 26.9 Å². The first kappa shape index (κ1) is 16.8. The van der Waals surface area contributed by atoms with Crippen molar-refractivity contribution >= 4 is 22.4 Å². The van der Waals surface area contributed by atoms with Gasteiger partial charge in [0.25, 0.3) is 11.5 Å². The summed E-state index contributed by atoms with van der Waals surface area (Å²) in [6, 6.07) is 8.54. The molecule has 0 fully saturated rings. The predicted molar refractivity (Wildman–Crippen MR) is 93.3 cm³/mol. The van der Waals surface area contributed by atoms with Gasteiger partial charge in [0.15, 0.2) is 0 Å². The van der Waals surface area contributed by atoms with Gasteiger partial charge in [0, 0.05) is 12.5 Å². The monoisotopic (exact) mass is 357 g/mol. The zero-order valence-electron chi connectivity index (χ0n) is 13.6. The Morgan fingerprint density at radius 1 is 1.28 bits per heavy atom. The lowest BCUT2D eigenvalue weighted by Gasteiger charge is -2.05. The number of ether oxygens (including phenoxy) is 1. The molecule has 8 nitrogen and oxygen atoms in total. The summed E-state index contributed by atoms with van der Waals surface area (Å²) in [5, 5.41) is 11.3. The molecule has 9 heteroatoms. The van der Waals surface area contributed by atoms with E-state index in [4.69, 9.17) is 4.74 Å². The summed E-state index contributed by atoms with van der Waals surface area (Å²) >= 11 is 1.25. The molecule has 25 heavy (non-hydrogen) atoms. The number of aromatic nitrogens is 4. The number of nitrogens with one attached hydrogen (secondary N) is 2. The minimum Gasteiger partial charge on any atom is -0.497 e. The molecule has 0 radical (unpaired) electrons. The molecule has 3 aromatic rings. The topological polar surface area (TPSA) is 110 Å². The first-order valence-corrected chi connectivity index (χ1v) is 8.20. The van der Waals surface area contributed by atoms with Crippen molar-refractivity contribution in [3.8, 4) is 5.75 Å². The fraction of sp³-hybridized carbons (Fsp3) is 0.188. The van der Waals surface area contributed by atoms with Gasteiger partial charge >= 0.3 is 0 Å². The van der Waals surface area contributed by atoms with E-state index >= 15 is 0 Å². The van der Waals surface area contributed by atoms with Crippen LogP contribution < -0.4 is 15.6 Å². The molecule has 2 heterocycles. The van der Waals surface area contributed by atoms with Crippen LogP contribution in [0.2, 0.25) is 0 Å². The maximum atomic E-state index is 12.3. The van der Waals surface area contributed by atoms with Crippen molar-refractivity contribution in [2.24, 2.45) is 0 Å². The summed E-state index contributed by atoms with van der Waals surface area (Å²) < 4.78 is 5.11. The molecule has 0 spiro atoms. The van der Waals surface area contributed by atoms with Crippen molar-refractivity contribution in [2.45, 2.75) is 13.3 Å². The average molecular weight is 357 g/mol.